The molecule has 1 saturated carbocycles. The standard InChI is InChI=1S/C26H27N7OS/c1-32-10-8-16(9-11-32)17-6-7-21-22(13-17)35-26(29-21)31-25-28-15-19-12-18(14-27)24(34)33(23(19)30-25)20-4-2-3-5-20/h6-7,12-13,15-16,20H,2-5,8-11H2,1H3,(H,28,29,30,31). The van der Waals surface area contributed by atoms with E-state index in [-0.39, 0.29) is 17.2 Å². The van der Waals surface area contributed by atoms with Crippen LogP contribution in [0.2, 0.25) is 0 Å². The minimum atomic E-state index is -0.266. The van der Waals surface area contributed by atoms with E-state index in [0.717, 1.165) is 54.1 Å². The highest BCUT2D eigenvalue weighted by molar-refractivity contribution is 7.22. The third kappa shape index (κ3) is 4.17. The number of aromatic nitrogens is 4. The number of nitrogens with zero attached hydrogens (tertiary/aromatic N) is 6. The van der Waals surface area contributed by atoms with Crippen molar-refractivity contribution >= 4 is 43.7 Å². The first-order valence-corrected chi connectivity index (χ1v) is 13.1. The maximum Gasteiger partial charge on any atom is 0.270 e. The summed E-state index contributed by atoms with van der Waals surface area (Å²) >= 11 is 1.59. The zero-order valence-electron chi connectivity index (χ0n) is 19.7. The van der Waals surface area contributed by atoms with Crippen molar-refractivity contribution < 1.29 is 0 Å². The minimum absolute atomic E-state index is 0.0708. The van der Waals surface area contributed by atoms with Crippen molar-refractivity contribution in [2.24, 2.45) is 0 Å². The van der Waals surface area contributed by atoms with E-state index in [1.165, 1.54) is 18.4 Å². The van der Waals surface area contributed by atoms with Crippen LogP contribution in [0, 0.1) is 11.3 Å². The molecule has 1 aliphatic heterocycles. The van der Waals surface area contributed by atoms with Crippen molar-refractivity contribution in [2.45, 2.75) is 50.5 Å². The molecule has 0 amide bonds. The normalized spacial score (nSPS) is 17.8. The third-order valence-electron chi connectivity index (χ3n) is 7.40. The van der Waals surface area contributed by atoms with E-state index in [1.807, 2.05) is 6.07 Å². The van der Waals surface area contributed by atoms with E-state index in [9.17, 15) is 10.1 Å². The number of rotatable bonds is 4. The Morgan fingerprint density at radius 3 is 2.69 bits per heavy atom. The van der Waals surface area contributed by atoms with Crippen LogP contribution in [-0.2, 0) is 0 Å². The van der Waals surface area contributed by atoms with Crippen LogP contribution >= 0.6 is 11.3 Å². The number of pyridine rings is 1. The summed E-state index contributed by atoms with van der Waals surface area (Å²) < 4.78 is 2.85. The molecule has 2 fully saturated rings. The lowest BCUT2D eigenvalue weighted by Crippen LogP contribution is -2.29. The van der Waals surface area contributed by atoms with Gasteiger partial charge in [-0.15, -0.1) is 0 Å². The van der Waals surface area contributed by atoms with Gasteiger partial charge in [0, 0.05) is 17.6 Å². The number of nitriles is 1. The molecule has 0 radical (unpaired) electrons. The fourth-order valence-electron chi connectivity index (χ4n) is 5.45. The molecule has 0 unspecified atom stereocenters. The SMILES string of the molecule is CN1CCC(c2ccc3nc(Nc4ncc5cc(C#N)c(=O)n(C6CCCC6)c5n4)sc3c2)CC1. The minimum Gasteiger partial charge on any atom is -0.306 e. The predicted octanol–water partition coefficient (Wildman–Crippen LogP) is 4.94. The average Bonchev–Trinajstić information content (AvgIpc) is 3.53. The van der Waals surface area contributed by atoms with E-state index >= 15 is 0 Å². The highest BCUT2D eigenvalue weighted by atomic mass is 32.1. The van der Waals surface area contributed by atoms with Gasteiger partial charge in [0.25, 0.3) is 5.56 Å². The molecule has 3 aromatic heterocycles. The molecule has 0 atom stereocenters. The van der Waals surface area contributed by atoms with Gasteiger partial charge in [0.05, 0.1) is 10.2 Å². The van der Waals surface area contributed by atoms with Gasteiger partial charge in [-0.05, 0) is 75.5 Å². The van der Waals surface area contributed by atoms with Gasteiger partial charge in [0.1, 0.15) is 17.3 Å². The molecule has 4 aromatic rings. The molecule has 2 aliphatic rings. The lowest BCUT2D eigenvalue weighted by atomic mass is 9.90. The lowest BCUT2D eigenvalue weighted by Gasteiger charge is -2.29. The second-order valence-corrected chi connectivity index (χ2v) is 10.7. The largest absolute Gasteiger partial charge is 0.306 e. The zero-order valence-corrected chi connectivity index (χ0v) is 20.5. The Morgan fingerprint density at radius 1 is 1.11 bits per heavy atom. The van der Waals surface area contributed by atoms with Crippen molar-refractivity contribution in [1.29, 1.82) is 5.26 Å². The molecule has 6 rings (SSSR count). The van der Waals surface area contributed by atoms with Gasteiger partial charge in [-0.2, -0.15) is 10.2 Å². The van der Waals surface area contributed by atoms with Crippen molar-refractivity contribution in [3.63, 3.8) is 0 Å². The molecule has 0 spiro atoms. The van der Waals surface area contributed by atoms with Gasteiger partial charge < -0.3 is 4.90 Å². The number of thiazole rings is 1. The molecule has 1 N–H and O–H groups in total. The van der Waals surface area contributed by atoms with Crippen LogP contribution in [0.3, 0.4) is 0 Å². The lowest BCUT2D eigenvalue weighted by molar-refractivity contribution is 0.255. The third-order valence-corrected chi connectivity index (χ3v) is 8.34. The number of hydrogen-bond donors (Lipinski definition) is 1. The van der Waals surface area contributed by atoms with Crippen LogP contribution in [0.5, 0.6) is 0 Å². The summed E-state index contributed by atoms with van der Waals surface area (Å²) in [5, 5.41) is 14.1. The number of piperidine rings is 1. The topological polar surface area (TPSA) is 99.7 Å². The predicted molar refractivity (Wildman–Crippen MR) is 138 cm³/mol. The van der Waals surface area contributed by atoms with Crippen molar-refractivity contribution in [3.8, 4) is 6.07 Å². The summed E-state index contributed by atoms with van der Waals surface area (Å²) in [7, 11) is 2.19. The number of hydrogen-bond acceptors (Lipinski definition) is 8. The van der Waals surface area contributed by atoms with Gasteiger partial charge in [-0.25, -0.2) is 9.97 Å². The van der Waals surface area contributed by atoms with Crippen molar-refractivity contribution in [3.05, 3.63) is 51.9 Å². The highest BCUT2D eigenvalue weighted by Gasteiger charge is 2.23. The van der Waals surface area contributed by atoms with Crippen LogP contribution in [-0.4, -0.2) is 44.6 Å². The molecule has 35 heavy (non-hydrogen) atoms. The second kappa shape index (κ2) is 9.02. The molecule has 1 saturated heterocycles. The van der Waals surface area contributed by atoms with E-state index in [0.29, 0.717) is 22.9 Å². The van der Waals surface area contributed by atoms with Gasteiger partial charge in [-0.1, -0.05) is 30.2 Å². The van der Waals surface area contributed by atoms with Gasteiger partial charge in [0.2, 0.25) is 5.95 Å². The Balaban J connectivity index is 1.32. The Labute approximate surface area is 207 Å². The maximum absolute atomic E-state index is 13.0. The number of fused-ring (bicyclic) bond motifs is 2. The molecule has 9 heteroatoms. The van der Waals surface area contributed by atoms with Gasteiger partial charge >= 0.3 is 0 Å². The summed E-state index contributed by atoms with van der Waals surface area (Å²) in [6, 6.07) is 10.3. The molecule has 0 bridgehead atoms. The number of likely N-dealkylation sites (tertiary alicyclic amines) is 1. The Bertz CT molecular complexity index is 1500. The Hall–Kier alpha value is -3.35. The van der Waals surface area contributed by atoms with Crippen LogP contribution in [0.15, 0.2) is 35.3 Å². The molecule has 1 aliphatic carbocycles. The molecule has 178 valence electrons. The smallest absolute Gasteiger partial charge is 0.270 e. The summed E-state index contributed by atoms with van der Waals surface area (Å²) in [6.45, 7) is 2.28. The Morgan fingerprint density at radius 2 is 1.91 bits per heavy atom. The van der Waals surface area contributed by atoms with E-state index in [1.54, 1.807) is 28.2 Å². The van der Waals surface area contributed by atoms with Crippen LogP contribution in [0.4, 0.5) is 11.1 Å². The first-order chi connectivity index (χ1) is 17.1. The Kier molecular flexibility index (Phi) is 5.71. The van der Waals surface area contributed by atoms with Gasteiger partial charge in [0.15, 0.2) is 5.13 Å². The van der Waals surface area contributed by atoms with Crippen LogP contribution in [0.1, 0.15) is 61.6 Å². The molecule has 1 aromatic carbocycles. The number of benzene rings is 1. The second-order valence-electron chi connectivity index (χ2n) is 9.70. The van der Waals surface area contributed by atoms with Crippen LogP contribution in [0.25, 0.3) is 21.3 Å². The highest BCUT2D eigenvalue weighted by Crippen LogP contribution is 2.34. The van der Waals surface area contributed by atoms with E-state index in [4.69, 9.17) is 9.97 Å². The fraction of sp³-hybridized carbons (Fsp3) is 0.423. The molecule has 8 nitrogen and oxygen atoms in total. The fourth-order valence-corrected chi connectivity index (χ4v) is 6.36. The molecular formula is C26H27N7OS. The van der Waals surface area contributed by atoms with Crippen LogP contribution < -0.4 is 10.9 Å². The van der Waals surface area contributed by atoms with Crippen molar-refractivity contribution in [2.75, 3.05) is 25.5 Å². The number of nitrogens with one attached hydrogen (secondary N) is 1. The van der Waals surface area contributed by atoms with E-state index in [2.05, 4.69) is 40.4 Å². The summed E-state index contributed by atoms with van der Waals surface area (Å²) in [5.41, 5.74) is 2.79. The monoisotopic (exact) mass is 485 g/mol. The zero-order chi connectivity index (χ0) is 23.9. The summed E-state index contributed by atoms with van der Waals surface area (Å²) in [5.74, 6) is 1.01. The quantitative estimate of drug-likeness (QED) is 0.437. The molecule has 4 heterocycles. The van der Waals surface area contributed by atoms with Crippen molar-refractivity contribution in [1.82, 2.24) is 24.4 Å². The van der Waals surface area contributed by atoms with E-state index < -0.39 is 0 Å². The first kappa shape index (κ1) is 22.1. The maximum atomic E-state index is 13.0. The average molecular weight is 486 g/mol. The summed E-state index contributed by atoms with van der Waals surface area (Å²) in [6.07, 6.45) is 8.07. The number of anilines is 2. The first-order valence-electron chi connectivity index (χ1n) is 12.3. The van der Waals surface area contributed by atoms with Gasteiger partial charge in [-0.3, -0.25) is 14.7 Å². The molecular weight excluding hydrogens is 458 g/mol. The summed E-state index contributed by atoms with van der Waals surface area (Å²) in [4.78, 5) is 29.3.